The zero-order valence-corrected chi connectivity index (χ0v) is 8.18. The summed E-state index contributed by atoms with van der Waals surface area (Å²) in [5.41, 5.74) is 10.8. The lowest BCUT2D eigenvalue weighted by atomic mass is 10.2. The first-order chi connectivity index (χ1) is 6.18. The Morgan fingerprint density at radius 3 is 2.46 bits per heavy atom. The highest BCUT2D eigenvalue weighted by atomic mass is 16.1. The van der Waals surface area contributed by atoms with E-state index >= 15 is 0 Å². The van der Waals surface area contributed by atoms with Gasteiger partial charge in [-0.2, -0.15) is 0 Å². The van der Waals surface area contributed by atoms with Gasteiger partial charge in [0.1, 0.15) is 5.78 Å². The van der Waals surface area contributed by atoms with Crippen LogP contribution in [0.2, 0.25) is 0 Å². The largest absolute Gasteiger partial charge is 0.329 e. The van der Waals surface area contributed by atoms with Crippen LogP contribution in [-0.4, -0.2) is 44.5 Å². The summed E-state index contributed by atoms with van der Waals surface area (Å²) >= 11 is 0. The van der Waals surface area contributed by atoms with Crippen molar-refractivity contribution in [2.24, 2.45) is 11.5 Å². The molecule has 0 spiro atoms. The normalized spacial score (nSPS) is 12.8. The SMILES string of the molecule is CC(=O)C(N)CNCCNCCN. The molecule has 1 atom stereocenters. The van der Waals surface area contributed by atoms with E-state index in [0.717, 1.165) is 19.6 Å². The van der Waals surface area contributed by atoms with Gasteiger partial charge in [0.25, 0.3) is 0 Å². The van der Waals surface area contributed by atoms with E-state index in [0.29, 0.717) is 13.1 Å². The number of nitrogens with two attached hydrogens (primary N) is 2. The number of Topliss-reactive ketones (excluding diaryl/α,β-unsaturated/α-hetero) is 1. The monoisotopic (exact) mass is 188 g/mol. The highest BCUT2D eigenvalue weighted by Gasteiger charge is 2.05. The summed E-state index contributed by atoms with van der Waals surface area (Å²) in [6.07, 6.45) is 0. The summed E-state index contributed by atoms with van der Waals surface area (Å²) in [7, 11) is 0. The van der Waals surface area contributed by atoms with Crippen molar-refractivity contribution in [1.82, 2.24) is 10.6 Å². The Balaban J connectivity index is 3.11. The Morgan fingerprint density at radius 1 is 1.31 bits per heavy atom. The lowest BCUT2D eigenvalue weighted by Crippen LogP contribution is -2.41. The molecule has 1 unspecified atom stereocenters. The topological polar surface area (TPSA) is 93.2 Å². The molecular formula is C8H20N4O. The molecule has 0 fully saturated rings. The fourth-order valence-electron chi connectivity index (χ4n) is 0.805. The molecule has 0 aliphatic carbocycles. The van der Waals surface area contributed by atoms with E-state index in [-0.39, 0.29) is 11.8 Å². The number of carbonyl (C=O) groups excluding carboxylic acids is 1. The van der Waals surface area contributed by atoms with Crippen molar-refractivity contribution in [2.75, 3.05) is 32.7 Å². The molecule has 0 aliphatic heterocycles. The molecule has 0 heterocycles. The third-order valence-electron chi connectivity index (χ3n) is 1.69. The molecule has 0 aliphatic rings. The Kier molecular flexibility index (Phi) is 7.82. The van der Waals surface area contributed by atoms with Crippen LogP contribution in [0.4, 0.5) is 0 Å². The maximum Gasteiger partial charge on any atom is 0.147 e. The van der Waals surface area contributed by atoms with Crippen LogP contribution in [0.15, 0.2) is 0 Å². The Hall–Kier alpha value is -0.490. The Bertz CT molecular complexity index is 140. The zero-order valence-electron chi connectivity index (χ0n) is 8.18. The molecule has 0 aromatic carbocycles. The maximum atomic E-state index is 10.7. The van der Waals surface area contributed by atoms with E-state index < -0.39 is 0 Å². The van der Waals surface area contributed by atoms with Crippen molar-refractivity contribution < 1.29 is 4.79 Å². The van der Waals surface area contributed by atoms with Gasteiger partial charge < -0.3 is 22.1 Å². The second-order valence-electron chi connectivity index (χ2n) is 2.96. The van der Waals surface area contributed by atoms with Crippen molar-refractivity contribution in [2.45, 2.75) is 13.0 Å². The molecule has 78 valence electrons. The first-order valence-corrected chi connectivity index (χ1v) is 4.56. The number of ketones is 1. The molecule has 0 saturated heterocycles. The van der Waals surface area contributed by atoms with E-state index in [1.54, 1.807) is 0 Å². The molecule has 0 rings (SSSR count). The molecule has 0 aromatic heterocycles. The van der Waals surface area contributed by atoms with Crippen LogP contribution >= 0.6 is 0 Å². The standard InChI is InChI=1S/C8H20N4O/c1-7(13)8(10)6-12-5-4-11-3-2-9/h8,11-12H,2-6,9-10H2,1H3. The minimum absolute atomic E-state index is 0.0161. The van der Waals surface area contributed by atoms with Gasteiger partial charge in [0.05, 0.1) is 6.04 Å². The summed E-state index contributed by atoms with van der Waals surface area (Å²) in [5.74, 6) is 0.0161. The number of rotatable bonds is 8. The second-order valence-corrected chi connectivity index (χ2v) is 2.96. The number of hydrogen-bond acceptors (Lipinski definition) is 5. The molecule has 0 aromatic rings. The smallest absolute Gasteiger partial charge is 0.147 e. The van der Waals surface area contributed by atoms with Crippen LogP contribution in [-0.2, 0) is 4.79 Å². The van der Waals surface area contributed by atoms with Crippen LogP contribution in [0.3, 0.4) is 0 Å². The van der Waals surface area contributed by atoms with Gasteiger partial charge in [-0.05, 0) is 6.92 Å². The quantitative estimate of drug-likeness (QED) is 0.332. The van der Waals surface area contributed by atoms with Crippen molar-refractivity contribution in [3.05, 3.63) is 0 Å². The molecule has 13 heavy (non-hydrogen) atoms. The van der Waals surface area contributed by atoms with Crippen molar-refractivity contribution in [3.63, 3.8) is 0 Å². The highest BCUT2D eigenvalue weighted by molar-refractivity contribution is 5.81. The Labute approximate surface area is 79.2 Å². The average molecular weight is 188 g/mol. The summed E-state index contributed by atoms with van der Waals surface area (Å²) in [4.78, 5) is 10.7. The van der Waals surface area contributed by atoms with Crippen LogP contribution in [0.25, 0.3) is 0 Å². The summed E-state index contributed by atoms with van der Waals surface area (Å²) in [6.45, 7) is 5.16. The maximum absolute atomic E-state index is 10.7. The predicted octanol–water partition coefficient (Wildman–Crippen LogP) is -1.96. The second kappa shape index (κ2) is 8.12. The van der Waals surface area contributed by atoms with Gasteiger partial charge in [0, 0.05) is 32.7 Å². The van der Waals surface area contributed by atoms with Crippen molar-refractivity contribution in [3.8, 4) is 0 Å². The van der Waals surface area contributed by atoms with Crippen LogP contribution in [0, 0.1) is 0 Å². The lowest BCUT2D eigenvalue weighted by molar-refractivity contribution is -0.118. The van der Waals surface area contributed by atoms with Crippen LogP contribution in [0.5, 0.6) is 0 Å². The molecule has 0 bridgehead atoms. The van der Waals surface area contributed by atoms with Gasteiger partial charge in [0.15, 0.2) is 0 Å². The number of nitrogens with one attached hydrogen (secondary N) is 2. The van der Waals surface area contributed by atoms with Gasteiger partial charge in [-0.1, -0.05) is 0 Å². The molecular weight excluding hydrogens is 168 g/mol. The fourth-order valence-corrected chi connectivity index (χ4v) is 0.805. The minimum Gasteiger partial charge on any atom is -0.329 e. The van der Waals surface area contributed by atoms with Crippen molar-refractivity contribution in [1.29, 1.82) is 0 Å². The molecule has 0 saturated carbocycles. The minimum atomic E-state index is -0.380. The molecule has 5 nitrogen and oxygen atoms in total. The third kappa shape index (κ3) is 7.86. The fraction of sp³-hybridized carbons (Fsp3) is 0.875. The van der Waals surface area contributed by atoms with Gasteiger partial charge in [-0.15, -0.1) is 0 Å². The summed E-state index contributed by atoms with van der Waals surface area (Å²) in [5, 5.41) is 6.20. The van der Waals surface area contributed by atoms with E-state index in [9.17, 15) is 4.79 Å². The van der Waals surface area contributed by atoms with Crippen molar-refractivity contribution >= 4 is 5.78 Å². The first kappa shape index (κ1) is 12.5. The van der Waals surface area contributed by atoms with E-state index in [1.807, 2.05) is 0 Å². The summed E-state index contributed by atoms with van der Waals surface area (Å²) < 4.78 is 0. The van der Waals surface area contributed by atoms with E-state index in [4.69, 9.17) is 11.5 Å². The molecule has 0 radical (unpaired) electrons. The molecule has 6 N–H and O–H groups in total. The predicted molar refractivity (Wildman–Crippen MR) is 53.5 cm³/mol. The van der Waals surface area contributed by atoms with Crippen LogP contribution < -0.4 is 22.1 Å². The number of hydrogen-bond donors (Lipinski definition) is 4. The van der Waals surface area contributed by atoms with E-state index in [1.165, 1.54) is 6.92 Å². The first-order valence-electron chi connectivity index (χ1n) is 4.56. The summed E-state index contributed by atoms with van der Waals surface area (Å²) in [6, 6.07) is -0.380. The van der Waals surface area contributed by atoms with E-state index in [2.05, 4.69) is 10.6 Å². The third-order valence-corrected chi connectivity index (χ3v) is 1.69. The molecule has 5 heteroatoms. The highest BCUT2D eigenvalue weighted by Crippen LogP contribution is 1.76. The van der Waals surface area contributed by atoms with Gasteiger partial charge in [-0.25, -0.2) is 0 Å². The number of carbonyl (C=O) groups is 1. The zero-order chi connectivity index (χ0) is 10.1. The van der Waals surface area contributed by atoms with Gasteiger partial charge in [-0.3, -0.25) is 4.79 Å². The lowest BCUT2D eigenvalue weighted by Gasteiger charge is -2.09. The average Bonchev–Trinajstić information content (AvgIpc) is 2.10. The van der Waals surface area contributed by atoms with Crippen LogP contribution in [0.1, 0.15) is 6.92 Å². The van der Waals surface area contributed by atoms with Gasteiger partial charge in [0.2, 0.25) is 0 Å². The van der Waals surface area contributed by atoms with Gasteiger partial charge >= 0.3 is 0 Å². The Morgan fingerprint density at radius 2 is 1.92 bits per heavy atom. The molecule has 0 amide bonds.